The molecule has 4 rings (SSSR count). The van der Waals surface area contributed by atoms with Gasteiger partial charge in [-0.3, -0.25) is 0 Å². The molecule has 1 unspecified atom stereocenters. The first kappa shape index (κ1) is 34.2. The van der Waals surface area contributed by atoms with E-state index in [4.69, 9.17) is 0 Å². The Kier molecular flexibility index (Phi) is 10.7. The zero-order valence-electron chi connectivity index (χ0n) is 30.2. The standard InChI is InChI=1S/C43H60Si/c1-14-33-16-15-17-43(33)44(40-21-34(27(2)3)18-35(22-40)28(4)5,41-23-36(29(6)7)19-37(24-41)30(8)9)42-25-38(31(10)11)20-39(26-42)32(12)13/h15-32,43H,14H2,1-13H3. The molecule has 1 atom stereocenters. The maximum absolute atomic E-state index is 2.69. The summed E-state index contributed by atoms with van der Waals surface area (Å²) in [6.45, 7) is 30.8. The maximum Gasteiger partial charge on any atom is 0.159 e. The van der Waals surface area contributed by atoms with Crippen molar-refractivity contribution in [3.63, 3.8) is 0 Å². The van der Waals surface area contributed by atoms with Gasteiger partial charge in [0.2, 0.25) is 0 Å². The fourth-order valence-corrected chi connectivity index (χ4v) is 12.7. The molecule has 0 nitrogen and oxygen atoms in total. The SMILES string of the molecule is CCC1=CC=CC1[Si](c1cc(C(C)C)cc(C(C)C)c1)(c1cc(C(C)C)cc(C(C)C)c1)c1cc(C(C)C)cc(C(C)C)c1. The minimum Gasteiger partial charge on any atom is -0.0790 e. The molecule has 1 heteroatoms. The lowest BCUT2D eigenvalue weighted by Gasteiger charge is -2.42. The maximum atomic E-state index is 2.64. The molecule has 1 aliphatic carbocycles. The van der Waals surface area contributed by atoms with Crippen molar-refractivity contribution in [1.82, 2.24) is 0 Å². The van der Waals surface area contributed by atoms with E-state index in [2.05, 4.69) is 163 Å². The minimum atomic E-state index is -2.69. The number of hydrogen-bond donors (Lipinski definition) is 0. The first-order valence-electron chi connectivity index (χ1n) is 17.5. The molecule has 0 N–H and O–H groups in total. The van der Waals surface area contributed by atoms with Gasteiger partial charge in [0.05, 0.1) is 0 Å². The summed E-state index contributed by atoms with van der Waals surface area (Å²) >= 11 is 0. The van der Waals surface area contributed by atoms with E-state index in [-0.39, 0.29) is 0 Å². The molecule has 0 amide bonds. The van der Waals surface area contributed by atoms with Crippen LogP contribution in [0, 0.1) is 0 Å². The van der Waals surface area contributed by atoms with Crippen LogP contribution in [0.25, 0.3) is 0 Å². The summed E-state index contributed by atoms with van der Waals surface area (Å²) in [5.74, 6) is 2.84. The van der Waals surface area contributed by atoms with E-state index >= 15 is 0 Å². The molecule has 3 aromatic rings. The van der Waals surface area contributed by atoms with Crippen LogP contribution in [0.2, 0.25) is 5.54 Å². The highest BCUT2D eigenvalue weighted by molar-refractivity contribution is 7.13. The van der Waals surface area contributed by atoms with Gasteiger partial charge < -0.3 is 0 Å². The predicted octanol–water partition coefficient (Wildman–Crippen LogP) is 11.2. The van der Waals surface area contributed by atoms with Crippen molar-refractivity contribution in [3.05, 3.63) is 112 Å². The highest BCUT2D eigenvalue weighted by atomic mass is 28.3. The number of allylic oxidation sites excluding steroid dienone is 4. The average molecular weight is 605 g/mol. The lowest BCUT2D eigenvalue weighted by atomic mass is 9.95. The highest BCUT2D eigenvalue weighted by Crippen LogP contribution is 2.39. The third-order valence-corrected chi connectivity index (χ3v) is 15.3. The van der Waals surface area contributed by atoms with E-state index in [1.807, 2.05) is 0 Å². The molecule has 0 spiro atoms. The van der Waals surface area contributed by atoms with E-state index in [0.717, 1.165) is 6.42 Å². The van der Waals surface area contributed by atoms with Gasteiger partial charge in [0, 0.05) is 5.54 Å². The molecule has 3 aromatic carbocycles. The quantitative estimate of drug-likeness (QED) is 0.151. The van der Waals surface area contributed by atoms with Gasteiger partial charge in [-0.15, -0.1) is 0 Å². The van der Waals surface area contributed by atoms with Gasteiger partial charge in [0.25, 0.3) is 0 Å². The predicted molar refractivity (Wildman–Crippen MR) is 200 cm³/mol. The van der Waals surface area contributed by atoms with Gasteiger partial charge >= 0.3 is 0 Å². The largest absolute Gasteiger partial charge is 0.159 e. The second kappa shape index (κ2) is 13.8. The summed E-state index contributed by atoms with van der Waals surface area (Å²) in [4.78, 5) is 0. The van der Waals surface area contributed by atoms with Crippen molar-refractivity contribution in [2.45, 2.75) is 137 Å². The number of hydrogen-bond acceptors (Lipinski definition) is 0. The molecule has 0 fully saturated rings. The third kappa shape index (κ3) is 6.64. The van der Waals surface area contributed by atoms with E-state index in [0.29, 0.717) is 41.0 Å². The van der Waals surface area contributed by atoms with Crippen molar-refractivity contribution < 1.29 is 0 Å². The summed E-state index contributed by atoms with van der Waals surface area (Å²) in [6.07, 6.45) is 8.46. The summed E-state index contributed by atoms with van der Waals surface area (Å²) in [7, 11) is -2.69. The summed E-state index contributed by atoms with van der Waals surface area (Å²) in [6, 6.07) is 23.3. The summed E-state index contributed by atoms with van der Waals surface area (Å²) < 4.78 is 0. The van der Waals surface area contributed by atoms with E-state index in [1.54, 1.807) is 21.1 Å². The Hall–Kier alpha value is -2.64. The highest BCUT2D eigenvalue weighted by Gasteiger charge is 2.48. The van der Waals surface area contributed by atoms with Crippen molar-refractivity contribution in [1.29, 1.82) is 0 Å². The molecule has 0 heterocycles. The van der Waals surface area contributed by atoms with Crippen molar-refractivity contribution in [2.75, 3.05) is 0 Å². The molecule has 0 saturated heterocycles. The fraction of sp³-hybridized carbons (Fsp3) is 0.488. The molecule has 44 heavy (non-hydrogen) atoms. The molecular formula is C43H60Si. The van der Waals surface area contributed by atoms with Crippen LogP contribution in [0.4, 0.5) is 0 Å². The lowest BCUT2D eigenvalue weighted by Crippen LogP contribution is -2.70. The second-order valence-corrected chi connectivity index (χ2v) is 19.3. The Balaban J connectivity index is 2.33. The molecule has 236 valence electrons. The molecule has 0 bridgehead atoms. The summed E-state index contributed by atoms with van der Waals surface area (Å²) in [5.41, 5.74) is 10.8. The van der Waals surface area contributed by atoms with Gasteiger partial charge in [0.1, 0.15) is 0 Å². The Morgan fingerprint density at radius 3 is 0.955 bits per heavy atom. The topological polar surface area (TPSA) is 0 Å². The van der Waals surface area contributed by atoms with Crippen LogP contribution < -0.4 is 15.6 Å². The molecule has 1 aliphatic rings. The van der Waals surface area contributed by atoms with Crippen LogP contribution in [0.5, 0.6) is 0 Å². The molecule has 0 aromatic heterocycles. The minimum absolute atomic E-state index is 0.375. The average Bonchev–Trinajstić information content (AvgIpc) is 3.46. The van der Waals surface area contributed by atoms with Crippen LogP contribution in [0.1, 0.15) is 165 Å². The van der Waals surface area contributed by atoms with Crippen LogP contribution in [0.15, 0.2) is 78.4 Å². The molecule has 0 saturated carbocycles. The normalized spacial score (nSPS) is 15.6. The van der Waals surface area contributed by atoms with Crippen molar-refractivity contribution >= 4 is 23.6 Å². The Morgan fingerprint density at radius 2 is 0.727 bits per heavy atom. The first-order valence-corrected chi connectivity index (χ1v) is 19.6. The fourth-order valence-electron chi connectivity index (χ4n) is 7.03. The van der Waals surface area contributed by atoms with Gasteiger partial charge in [0.15, 0.2) is 8.07 Å². The van der Waals surface area contributed by atoms with Gasteiger partial charge in [-0.05, 0) is 90.9 Å². The van der Waals surface area contributed by atoms with Crippen molar-refractivity contribution in [2.24, 2.45) is 0 Å². The smallest absolute Gasteiger partial charge is 0.0790 e. The Labute approximate surface area is 272 Å². The van der Waals surface area contributed by atoms with E-state index in [9.17, 15) is 0 Å². The van der Waals surface area contributed by atoms with Crippen molar-refractivity contribution in [3.8, 4) is 0 Å². The van der Waals surface area contributed by atoms with Crippen LogP contribution in [-0.2, 0) is 0 Å². The molecule has 0 radical (unpaired) electrons. The number of benzene rings is 3. The monoisotopic (exact) mass is 604 g/mol. The molecule has 0 aliphatic heterocycles. The van der Waals surface area contributed by atoms with Crippen LogP contribution in [-0.4, -0.2) is 8.07 Å². The van der Waals surface area contributed by atoms with E-state index in [1.165, 1.54) is 33.4 Å². The third-order valence-electron chi connectivity index (χ3n) is 10.2. The zero-order valence-corrected chi connectivity index (χ0v) is 31.2. The molecular weight excluding hydrogens is 545 g/mol. The summed E-state index contributed by atoms with van der Waals surface area (Å²) in [5, 5.41) is 4.73. The van der Waals surface area contributed by atoms with Gasteiger partial charge in [-0.2, -0.15) is 0 Å². The van der Waals surface area contributed by atoms with Gasteiger partial charge in [-0.25, -0.2) is 0 Å². The van der Waals surface area contributed by atoms with Gasteiger partial charge in [-0.1, -0.05) is 168 Å². The van der Waals surface area contributed by atoms with Crippen LogP contribution >= 0.6 is 0 Å². The number of rotatable bonds is 11. The second-order valence-electron chi connectivity index (χ2n) is 15.4. The Morgan fingerprint density at radius 1 is 0.455 bits per heavy atom. The zero-order chi connectivity index (χ0) is 32.5. The van der Waals surface area contributed by atoms with Crippen LogP contribution in [0.3, 0.4) is 0 Å². The Bertz CT molecular complexity index is 1280. The lowest BCUT2D eigenvalue weighted by molar-refractivity contribution is 0.833. The van der Waals surface area contributed by atoms with E-state index < -0.39 is 8.07 Å². The first-order chi connectivity index (χ1) is 20.7.